The van der Waals surface area contributed by atoms with Crippen molar-refractivity contribution in [2.24, 2.45) is 0 Å². The summed E-state index contributed by atoms with van der Waals surface area (Å²) in [4.78, 5) is 13.9. The lowest BCUT2D eigenvalue weighted by Crippen LogP contribution is -2.47. The summed E-state index contributed by atoms with van der Waals surface area (Å²) in [6.45, 7) is 1.67. The van der Waals surface area contributed by atoms with Crippen LogP contribution in [0.25, 0.3) is 0 Å². The van der Waals surface area contributed by atoms with E-state index in [-0.39, 0.29) is 12.2 Å². The molecule has 1 fully saturated rings. The molecule has 1 unspecified atom stereocenters. The lowest BCUT2D eigenvalue weighted by molar-refractivity contribution is -0.0196. The van der Waals surface area contributed by atoms with E-state index < -0.39 is 0 Å². The highest BCUT2D eigenvalue weighted by atomic mass is 16.6. The third kappa shape index (κ3) is 3.86. The molecule has 3 rings (SSSR count). The van der Waals surface area contributed by atoms with Gasteiger partial charge in [0.1, 0.15) is 5.75 Å². The van der Waals surface area contributed by atoms with Gasteiger partial charge in [-0.1, -0.05) is 48.5 Å². The van der Waals surface area contributed by atoms with Crippen LogP contribution >= 0.6 is 0 Å². The van der Waals surface area contributed by atoms with Crippen molar-refractivity contribution in [1.29, 1.82) is 0 Å². The van der Waals surface area contributed by atoms with Gasteiger partial charge in [0.2, 0.25) is 0 Å². The fourth-order valence-electron chi connectivity index (χ4n) is 2.54. The molecule has 0 aromatic heterocycles. The topological polar surface area (TPSA) is 38.8 Å². The van der Waals surface area contributed by atoms with Crippen molar-refractivity contribution >= 4 is 6.09 Å². The van der Waals surface area contributed by atoms with E-state index in [0.717, 1.165) is 6.42 Å². The van der Waals surface area contributed by atoms with E-state index in [9.17, 15) is 4.79 Å². The molecule has 4 heteroatoms. The maximum Gasteiger partial charge on any atom is 0.415 e. The highest BCUT2D eigenvalue weighted by molar-refractivity contribution is 5.70. The molecule has 0 saturated carbocycles. The number of amides is 1. The summed E-state index contributed by atoms with van der Waals surface area (Å²) < 4.78 is 11.1. The number of morpholine rings is 1. The van der Waals surface area contributed by atoms with E-state index >= 15 is 0 Å². The molecule has 2 aromatic carbocycles. The highest BCUT2D eigenvalue weighted by Crippen LogP contribution is 2.15. The van der Waals surface area contributed by atoms with E-state index in [4.69, 9.17) is 9.47 Å². The van der Waals surface area contributed by atoms with Crippen LogP contribution in [0.2, 0.25) is 0 Å². The minimum absolute atomic E-state index is 0.0134. The number of hydrogen-bond acceptors (Lipinski definition) is 3. The average molecular weight is 297 g/mol. The van der Waals surface area contributed by atoms with Gasteiger partial charge in [0.05, 0.1) is 19.3 Å². The van der Waals surface area contributed by atoms with Crippen molar-refractivity contribution < 1.29 is 14.3 Å². The molecule has 4 nitrogen and oxygen atoms in total. The quantitative estimate of drug-likeness (QED) is 0.873. The fraction of sp³-hybridized carbons (Fsp3) is 0.278. The first-order valence-corrected chi connectivity index (χ1v) is 7.48. The number of benzene rings is 2. The molecule has 1 aliphatic heterocycles. The number of carbonyl (C=O) groups is 1. The Kier molecular flexibility index (Phi) is 4.71. The number of rotatable bonds is 3. The third-order valence-corrected chi connectivity index (χ3v) is 3.65. The lowest BCUT2D eigenvalue weighted by Gasteiger charge is -2.32. The van der Waals surface area contributed by atoms with Crippen molar-refractivity contribution in [2.45, 2.75) is 12.5 Å². The number of para-hydroxylation sites is 1. The van der Waals surface area contributed by atoms with Gasteiger partial charge in [0.25, 0.3) is 0 Å². The van der Waals surface area contributed by atoms with Gasteiger partial charge < -0.3 is 14.4 Å². The molecule has 1 aliphatic rings. The number of nitrogens with zero attached hydrogens (tertiary/aromatic N) is 1. The third-order valence-electron chi connectivity index (χ3n) is 3.65. The molecule has 1 amide bonds. The smallest absolute Gasteiger partial charge is 0.410 e. The van der Waals surface area contributed by atoms with Crippen LogP contribution in [0.1, 0.15) is 5.56 Å². The zero-order chi connectivity index (χ0) is 15.2. The van der Waals surface area contributed by atoms with E-state index in [1.54, 1.807) is 17.0 Å². The molecular weight excluding hydrogens is 278 g/mol. The Morgan fingerprint density at radius 3 is 2.50 bits per heavy atom. The second-order valence-corrected chi connectivity index (χ2v) is 5.31. The van der Waals surface area contributed by atoms with Crippen LogP contribution in [0.3, 0.4) is 0 Å². The van der Waals surface area contributed by atoms with E-state index in [2.05, 4.69) is 12.1 Å². The van der Waals surface area contributed by atoms with Crippen LogP contribution in [0.4, 0.5) is 4.79 Å². The second-order valence-electron chi connectivity index (χ2n) is 5.31. The standard InChI is InChI=1S/C18H19NO3/c20-18(22-16-9-5-2-6-10-16)19-11-12-21-17(14-19)13-15-7-3-1-4-8-15/h1-10,17H,11-14H2. The molecular formula is C18H19NO3. The van der Waals surface area contributed by atoms with Gasteiger partial charge in [0, 0.05) is 13.0 Å². The molecule has 0 bridgehead atoms. The van der Waals surface area contributed by atoms with Crippen LogP contribution in [-0.4, -0.2) is 36.8 Å². The molecule has 1 heterocycles. The van der Waals surface area contributed by atoms with Crippen LogP contribution in [0, 0.1) is 0 Å². The molecule has 0 radical (unpaired) electrons. The average Bonchev–Trinajstić information content (AvgIpc) is 2.57. The Balaban J connectivity index is 1.57. The van der Waals surface area contributed by atoms with Gasteiger partial charge in [-0.05, 0) is 17.7 Å². The van der Waals surface area contributed by atoms with Crippen LogP contribution < -0.4 is 4.74 Å². The summed E-state index contributed by atoms with van der Waals surface area (Å²) in [7, 11) is 0. The molecule has 22 heavy (non-hydrogen) atoms. The molecule has 0 aliphatic carbocycles. The zero-order valence-electron chi connectivity index (χ0n) is 12.4. The first-order chi connectivity index (χ1) is 10.8. The Bertz CT molecular complexity index is 600. The van der Waals surface area contributed by atoms with Crippen molar-refractivity contribution in [3.05, 3.63) is 66.2 Å². The van der Waals surface area contributed by atoms with Crippen LogP contribution in [0.15, 0.2) is 60.7 Å². The SMILES string of the molecule is O=C(Oc1ccccc1)N1CCOC(Cc2ccccc2)C1. The number of carbonyl (C=O) groups excluding carboxylic acids is 1. The van der Waals surface area contributed by atoms with E-state index in [0.29, 0.717) is 25.4 Å². The summed E-state index contributed by atoms with van der Waals surface area (Å²) in [6.07, 6.45) is 0.503. The minimum atomic E-state index is -0.312. The maximum absolute atomic E-state index is 12.2. The first kappa shape index (κ1) is 14.6. The number of hydrogen-bond donors (Lipinski definition) is 0. The van der Waals surface area contributed by atoms with Crippen LogP contribution in [0.5, 0.6) is 5.75 Å². The predicted octanol–water partition coefficient (Wildman–Crippen LogP) is 3.13. The largest absolute Gasteiger partial charge is 0.415 e. The maximum atomic E-state index is 12.2. The molecule has 0 N–H and O–H groups in total. The lowest BCUT2D eigenvalue weighted by atomic mass is 10.1. The highest BCUT2D eigenvalue weighted by Gasteiger charge is 2.25. The summed E-state index contributed by atoms with van der Waals surface area (Å²) in [5, 5.41) is 0. The van der Waals surface area contributed by atoms with Crippen molar-refractivity contribution in [3.8, 4) is 5.75 Å². The minimum Gasteiger partial charge on any atom is -0.410 e. The van der Waals surface area contributed by atoms with Gasteiger partial charge in [-0.25, -0.2) is 4.79 Å². The summed E-state index contributed by atoms with van der Waals surface area (Å²) >= 11 is 0. The monoisotopic (exact) mass is 297 g/mol. The van der Waals surface area contributed by atoms with E-state index in [1.165, 1.54) is 5.56 Å². The van der Waals surface area contributed by atoms with Crippen LogP contribution in [-0.2, 0) is 11.2 Å². The summed E-state index contributed by atoms with van der Waals surface area (Å²) in [5.74, 6) is 0.568. The van der Waals surface area contributed by atoms with E-state index in [1.807, 2.05) is 36.4 Å². The molecule has 1 saturated heterocycles. The molecule has 114 valence electrons. The fourth-order valence-corrected chi connectivity index (χ4v) is 2.54. The molecule has 0 spiro atoms. The predicted molar refractivity (Wildman–Crippen MR) is 83.9 cm³/mol. The summed E-state index contributed by atoms with van der Waals surface area (Å²) in [6, 6.07) is 19.3. The Labute approximate surface area is 130 Å². The normalized spacial score (nSPS) is 18.0. The zero-order valence-corrected chi connectivity index (χ0v) is 12.4. The van der Waals surface area contributed by atoms with Crippen molar-refractivity contribution in [1.82, 2.24) is 4.90 Å². The molecule has 2 aromatic rings. The van der Waals surface area contributed by atoms with Gasteiger partial charge >= 0.3 is 6.09 Å². The van der Waals surface area contributed by atoms with Crippen molar-refractivity contribution in [3.63, 3.8) is 0 Å². The Morgan fingerprint density at radius 1 is 1.09 bits per heavy atom. The summed E-state index contributed by atoms with van der Waals surface area (Å²) in [5.41, 5.74) is 1.21. The van der Waals surface area contributed by atoms with Gasteiger partial charge in [-0.2, -0.15) is 0 Å². The first-order valence-electron chi connectivity index (χ1n) is 7.48. The Hall–Kier alpha value is -2.33. The van der Waals surface area contributed by atoms with Gasteiger partial charge in [-0.15, -0.1) is 0 Å². The Morgan fingerprint density at radius 2 is 1.77 bits per heavy atom. The van der Waals surface area contributed by atoms with Crippen molar-refractivity contribution in [2.75, 3.05) is 19.7 Å². The second kappa shape index (κ2) is 7.09. The number of ether oxygens (including phenoxy) is 2. The van der Waals surface area contributed by atoms with Gasteiger partial charge in [-0.3, -0.25) is 0 Å². The molecule has 1 atom stereocenters. The van der Waals surface area contributed by atoms with Gasteiger partial charge in [0.15, 0.2) is 0 Å².